The van der Waals surface area contributed by atoms with Crippen LogP contribution in [-0.2, 0) is 4.79 Å². The summed E-state index contributed by atoms with van der Waals surface area (Å²) in [6.45, 7) is 7.26. The number of piperidine rings is 2. The number of rotatable bonds is 3. The smallest absolute Gasteiger partial charge is 0.278 e. The van der Waals surface area contributed by atoms with Crippen molar-refractivity contribution < 1.29 is 9.69 Å². The van der Waals surface area contributed by atoms with Crippen LogP contribution in [0.25, 0.3) is 10.2 Å². The van der Waals surface area contributed by atoms with Crippen LogP contribution < -0.4 is 4.90 Å². The number of likely N-dealkylation sites (tertiary alicyclic amines) is 2. The highest BCUT2D eigenvalue weighted by Crippen LogP contribution is 2.31. The van der Waals surface area contributed by atoms with Crippen molar-refractivity contribution in [2.75, 3.05) is 19.6 Å². The number of thiazole rings is 1. The number of para-hydroxylation sites is 1. The van der Waals surface area contributed by atoms with Gasteiger partial charge in [-0.3, -0.25) is 4.79 Å². The van der Waals surface area contributed by atoms with Gasteiger partial charge in [-0.1, -0.05) is 12.1 Å². The normalized spacial score (nSPS) is 29.8. The summed E-state index contributed by atoms with van der Waals surface area (Å²) < 4.78 is 1.29. The van der Waals surface area contributed by atoms with Crippen molar-refractivity contribution in [3.8, 4) is 0 Å². The van der Waals surface area contributed by atoms with Gasteiger partial charge < -0.3 is 9.80 Å². The summed E-state index contributed by atoms with van der Waals surface area (Å²) in [5, 5.41) is 1.29. The third-order valence-corrected chi connectivity index (χ3v) is 7.43. The first-order valence-corrected chi connectivity index (χ1v) is 10.9. The molecule has 0 saturated carbocycles. The number of aromatic nitrogens is 1. The fraction of sp³-hybridized carbons (Fsp3) is 0.619. The average molecular weight is 373 g/mol. The zero-order valence-corrected chi connectivity index (χ0v) is 16.7. The van der Waals surface area contributed by atoms with Crippen LogP contribution in [0, 0.1) is 0 Å². The summed E-state index contributed by atoms with van der Waals surface area (Å²) in [5.74, 6) is 0.928. The first kappa shape index (κ1) is 17.9. The summed E-state index contributed by atoms with van der Waals surface area (Å²) in [5.41, 5.74) is 1.13. The number of nitrogens with one attached hydrogen (secondary N) is 1. The minimum atomic E-state index is 0.359. The highest BCUT2D eigenvalue weighted by molar-refractivity contribution is 7.18. The molecule has 4 rings (SSSR count). The average Bonchev–Trinajstić information content (AvgIpc) is 3.06. The number of hydrogen-bond donors (Lipinski definition) is 1. The standard InChI is InChI=1S/C21H29N3OS/c1-15-6-5-7-16(2)24(15)20(25)14-23-12-10-17(11-13-23)21-22-18-8-3-4-9-19(18)26-21/h3-4,8-9,15-17H,5-7,10-14H2,1-2H3/p+1/t15-,16-/m0/s1. The maximum atomic E-state index is 12.9. The molecule has 140 valence electrons. The van der Waals surface area contributed by atoms with Crippen molar-refractivity contribution in [1.29, 1.82) is 0 Å². The Bertz CT molecular complexity index is 722. The molecule has 1 aromatic carbocycles. The van der Waals surface area contributed by atoms with Gasteiger partial charge in [0.2, 0.25) is 0 Å². The van der Waals surface area contributed by atoms with Crippen molar-refractivity contribution in [3.05, 3.63) is 29.3 Å². The first-order valence-electron chi connectivity index (χ1n) is 10.1. The van der Waals surface area contributed by atoms with E-state index in [0.29, 0.717) is 30.5 Å². The van der Waals surface area contributed by atoms with Crippen molar-refractivity contribution >= 4 is 27.5 Å². The summed E-state index contributed by atoms with van der Waals surface area (Å²) in [6.07, 6.45) is 5.86. The lowest BCUT2D eigenvalue weighted by atomic mass is 9.96. The van der Waals surface area contributed by atoms with Gasteiger partial charge in [-0.05, 0) is 45.2 Å². The molecule has 0 spiro atoms. The fourth-order valence-corrected chi connectivity index (χ4v) is 5.87. The molecule has 0 radical (unpaired) electrons. The van der Waals surface area contributed by atoms with Crippen LogP contribution in [0.1, 0.15) is 56.9 Å². The topological polar surface area (TPSA) is 37.6 Å². The number of hydrogen-bond acceptors (Lipinski definition) is 3. The van der Waals surface area contributed by atoms with E-state index < -0.39 is 0 Å². The van der Waals surface area contributed by atoms with Crippen molar-refractivity contribution in [2.45, 2.75) is 64.0 Å². The third-order valence-electron chi connectivity index (χ3n) is 6.24. The van der Waals surface area contributed by atoms with Crippen LogP contribution in [0.2, 0.25) is 0 Å². The fourth-order valence-electron chi connectivity index (χ4n) is 4.73. The Morgan fingerprint density at radius 1 is 1.15 bits per heavy atom. The van der Waals surface area contributed by atoms with Crippen LogP contribution in [0.3, 0.4) is 0 Å². The maximum absolute atomic E-state index is 12.9. The molecule has 2 aromatic rings. The van der Waals surface area contributed by atoms with E-state index in [2.05, 4.69) is 43.0 Å². The SMILES string of the molecule is C[C@H]1CCC[C@H](C)N1C(=O)C[NH+]1CCC(c2nc3ccccc3s2)CC1. The lowest BCUT2D eigenvalue weighted by molar-refractivity contribution is -0.897. The Kier molecular flexibility index (Phi) is 5.28. The molecule has 2 aliphatic heterocycles. The predicted molar refractivity (Wildman–Crippen MR) is 107 cm³/mol. The second-order valence-corrected chi connectivity index (χ2v) is 9.21. The molecule has 3 heterocycles. The number of carbonyl (C=O) groups is 1. The Hall–Kier alpha value is -1.46. The third kappa shape index (κ3) is 3.65. The van der Waals surface area contributed by atoms with Crippen molar-refractivity contribution in [2.24, 2.45) is 0 Å². The molecule has 2 fully saturated rings. The van der Waals surface area contributed by atoms with Gasteiger partial charge >= 0.3 is 0 Å². The number of benzene rings is 1. The van der Waals surface area contributed by atoms with Crippen molar-refractivity contribution in [1.82, 2.24) is 9.88 Å². The Labute approximate surface area is 160 Å². The molecular formula is C21H30N3OS+. The van der Waals surface area contributed by atoms with Gasteiger partial charge in [0.25, 0.3) is 5.91 Å². The largest absolute Gasteiger partial charge is 0.332 e. The van der Waals surface area contributed by atoms with E-state index in [-0.39, 0.29) is 0 Å². The zero-order valence-electron chi connectivity index (χ0n) is 15.9. The summed E-state index contributed by atoms with van der Waals surface area (Å²) in [6, 6.07) is 9.24. The molecule has 1 amide bonds. The van der Waals surface area contributed by atoms with Gasteiger partial charge in [-0.2, -0.15) is 0 Å². The van der Waals surface area contributed by atoms with E-state index in [0.717, 1.165) is 44.3 Å². The van der Waals surface area contributed by atoms with Crippen molar-refractivity contribution in [3.63, 3.8) is 0 Å². The second kappa shape index (κ2) is 7.65. The summed E-state index contributed by atoms with van der Waals surface area (Å²) in [4.78, 5) is 21.3. The van der Waals surface area contributed by atoms with Crippen LogP contribution >= 0.6 is 11.3 Å². The maximum Gasteiger partial charge on any atom is 0.278 e. The Balaban J connectivity index is 1.34. The minimum Gasteiger partial charge on any atom is -0.332 e. The van der Waals surface area contributed by atoms with E-state index >= 15 is 0 Å². The van der Waals surface area contributed by atoms with Gasteiger partial charge in [0.1, 0.15) is 0 Å². The van der Waals surface area contributed by atoms with Crippen LogP contribution in [0.15, 0.2) is 24.3 Å². The van der Waals surface area contributed by atoms with Gasteiger partial charge in [-0.15, -0.1) is 11.3 Å². The summed E-state index contributed by atoms with van der Waals surface area (Å²) >= 11 is 1.85. The molecule has 2 aliphatic rings. The molecule has 5 heteroatoms. The van der Waals surface area contributed by atoms with Crippen LogP contribution in [-0.4, -0.2) is 47.5 Å². The molecule has 0 aliphatic carbocycles. The monoisotopic (exact) mass is 372 g/mol. The minimum absolute atomic E-state index is 0.359. The van der Waals surface area contributed by atoms with Gasteiger partial charge in [0.15, 0.2) is 6.54 Å². The van der Waals surface area contributed by atoms with E-state index in [1.54, 1.807) is 0 Å². The number of carbonyl (C=O) groups excluding carboxylic acids is 1. The number of quaternary nitrogens is 1. The Morgan fingerprint density at radius 3 is 2.54 bits per heavy atom. The highest BCUT2D eigenvalue weighted by atomic mass is 32.1. The summed E-state index contributed by atoms with van der Waals surface area (Å²) in [7, 11) is 0. The number of fused-ring (bicyclic) bond motifs is 1. The highest BCUT2D eigenvalue weighted by Gasteiger charge is 2.33. The molecule has 0 bridgehead atoms. The zero-order chi connectivity index (χ0) is 18.1. The molecule has 0 unspecified atom stereocenters. The van der Waals surface area contributed by atoms with Crippen LogP contribution in [0.5, 0.6) is 0 Å². The molecule has 2 saturated heterocycles. The van der Waals surface area contributed by atoms with Gasteiger partial charge in [0, 0.05) is 30.8 Å². The predicted octanol–water partition coefficient (Wildman–Crippen LogP) is 2.85. The van der Waals surface area contributed by atoms with E-state index in [1.165, 1.54) is 21.0 Å². The first-order chi connectivity index (χ1) is 12.6. The number of nitrogens with zero attached hydrogens (tertiary/aromatic N) is 2. The van der Waals surface area contributed by atoms with E-state index in [4.69, 9.17) is 4.98 Å². The molecule has 2 atom stereocenters. The van der Waals surface area contributed by atoms with Gasteiger partial charge in [-0.25, -0.2) is 4.98 Å². The van der Waals surface area contributed by atoms with E-state index in [1.807, 2.05) is 11.3 Å². The Morgan fingerprint density at radius 2 is 1.85 bits per heavy atom. The number of amides is 1. The molecule has 4 nitrogen and oxygen atoms in total. The van der Waals surface area contributed by atoms with E-state index in [9.17, 15) is 4.79 Å². The lowest BCUT2D eigenvalue weighted by Crippen LogP contribution is -3.14. The quantitative estimate of drug-likeness (QED) is 0.900. The van der Waals surface area contributed by atoms with Crippen LogP contribution in [0.4, 0.5) is 0 Å². The lowest BCUT2D eigenvalue weighted by Gasteiger charge is -2.40. The molecule has 1 N–H and O–H groups in total. The van der Waals surface area contributed by atoms with Gasteiger partial charge in [0.05, 0.1) is 28.3 Å². The molecule has 26 heavy (non-hydrogen) atoms. The molecule has 1 aromatic heterocycles. The second-order valence-electron chi connectivity index (χ2n) is 8.15. The molecular weight excluding hydrogens is 342 g/mol.